The van der Waals surface area contributed by atoms with Gasteiger partial charge in [-0.3, -0.25) is 13.9 Å². The van der Waals surface area contributed by atoms with Crippen LogP contribution in [0.2, 0.25) is 0 Å². The highest BCUT2D eigenvalue weighted by Crippen LogP contribution is 2.40. The summed E-state index contributed by atoms with van der Waals surface area (Å²) < 4.78 is 17.6. The molecule has 0 aliphatic carbocycles. The Labute approximate surface area is 192 Å². The predicted molar refractivity (Wildman–Crippen MR) is 125 cm³/mol. The fraction of sp³-hybridized carbons (Fsp3) is 0.273. The first-order valence-electron chi connectivity index (χ1n) is 9.79. The summed E-state index contributed by atoms with van der Waals surface area (Å²) in [5.41, 5.74) is -0.136. The highest BCUT2D eigenvalue weighted by atomic mass is 32.1. The zero-order valence-corrected chi connectivity index (χ0v) is 19.6. The van der Waals surface area contributed by atoms with Gasteiger partial charge < -0.3 is 19.3 Å². The molecule has 0 saturated carbocycles. The molecule has 0 spiro atoms. The van der Waals surface area contributed by atoms with Crippen molar-refractivity contribution in [1.29, 1.82) is 0 Å². The lowest BCUT2D eigenvalue weighted by Crippen LogP contribution is -2.38. The Morgan fingerprint density at radius 3 is 2.48 bits per heavy atom. The molecule has 0 aliphatic heterocycles. The highest BCUT2D eigenvalue weighted by Gasteiger charge is 2.22. The van der Waals surface area contributed by atoms with E-state index in [0.29, 0.717) is 22.6 Å². The van der Waals surface area contributed by atoms with Gasteiger partial charge in [0.25, 0.3) is 5.56 Å². The molecule has 0 atom stereocenters. The van der Waals surface area contributed by atoms with Crippen molar-refractivity contribution in [2.75, 3.05) is 20.8 Å². The molecule has 0 saturated heterocycles. The molecule has 1 aromatic carbocycles. The van der Waals surface area contributed by atoms with Crippen molar-refractivity contribution in [3.8, 4) is 28.5 Å². The minimum Gasteiger partial charge on any atom is -0.494 e. The molecular formula is C22H23N3O7S. The average molecular weight is 474 g/mol. The number of thiophene rings is 1. The third kappa shape index (κ3) is 4.40. The van der Waals surface area contributed by atoms with E-state index in [0.717, 1.165) is 26.7 Å². The number of aromatic hydroxyl groups is 1. The van der Waals surface area contributed by atoms with Crippen LogP contribution in [0.4, 0.5) is 5.00 Å². The number of carbonyl (C=O) groups excluding carboxylic acids is 1. The quantitative estimate of drug-likeness (QED) is 0.413. The van der Waals surface area contributed by atoms with E-state index in [1.165, 1.54) is 28.3 Å². The Hall–Kier alpha value is -3.86. The van der Waals surface area contributed by atoms with Gasteiger partial charge in [0, 0.05) is 31.3 Å². The van der Waals surface area contributed by atoms with Crippen LogP contribution < -0.4 is 20.7 Å². The van der Waals surface area contributed by atoms with E-state index < -0.39 is 23.1 Å². The topological polar surface area (TPSA) is 121 Å². The zero-order valence-electron chi connectivity index (χ0n) is 18.7. The summed E-state index contributed by atoms with van der Waals surface area (Å²) >= 11 is 1.16. The molecule has 0 amide bonds. The number of aromatic nitrogens is 2. The maximum absolute atomic E-state index is 12.8. The minimum atomic E-state index is -0.714. The van der Waals surface area contributed by atoms with E-state index in [1.807, 2.05) is 0 Å². The fourth-order valence-electron chi connectivity index (χ4n) is 3.16. The standard InChI is InChI=1S/C22H23N3O7S/c1-6-32-21(28)17-14(12-7-8-15(30-4)16(9-12)31-5)11-33-18(17)23-10-13-19(26)24(2)22(29)25(3)20(13)27/h7-11,26H,6H2,1-5H3. The van der Waals surface area contributed by atoms with E-state index in [9.17, 15) is 19.5 Å². The third-order valence-corrected chi connectivity index (χ3v) is 5.81. The number of methoxy groups -OCH3 is 2. The summed E-state index contributed by atoms with van der Waals surface area (Å²) in [4.78, 5) is 41.5. The Morgan fingerprint density at radius 2 is 1.85 bits per heavy atom. The molecule has 3 aromatic rings. The summed E-state index contributed by atoms with van der Waals surface area (Å²) in [5.74, 6) is -0.0948. The molecule has 11 heteroatoms. The Bertz CT molecular complexity index is 1350. The van der Waals surface area contributed by atoms with Crippen molar-refractivity contribution in [3.05, 3.63) is 55.5 Å². The summed E-state index contributed by atoms with van der Waals surface area (Å²) in [6.45, 7) is 1.85. The number of ether oxygens (including phenoxy) is 3. The van der Waals surface area contributed by atoms with E-state index in [1.54, 1.807) is 30.5 Å². The van der Waals surface area contributed by atoms with Gasteiger partial charge in [-0.2, -0.15) is 0 Å². The first-order chi connectivity index (χ1) is 15.7. The van der Waals surface area contributed by atoms with Gasteiger partial charge in [0.15, 0.2) is 11.5 Å². The van der Waals surface area contributed by atoms with E-state index in [-0.39, 0.29) is 22.7 Å². The van der Waals surface area contributed by atoms with Crippen LogP contribution in [0.1, 0.15) is 22.8 Å². The van der Waals surface area contributed by atoms with E-state index in [2.05, 4.69) is 4.99 Å². The zero-order chi connectivity index (χ0) is 24.3. The molecule has 0 fully saturated rings. The first kappa shape index (κ1) is 23.8. The van der Waals surface area contributed by atoms with Gasteiger partial charge in [-0.1, -0.05) is 6.07 Å². The van der Waals surface area contributed by atoms with Crippen LogP contribution >= 0.6 is 11.3 Å². The van der Waals surface area contributed by atoms with Gasteiger partial charge in [-0.05, 0) is 24.6 Å². The van der Waals surface area contributed by atoms with Gasteiger partial charge in [0.1, 0.15) is 16.1 Å². The monoisotopic (exact) mass is 473 g/mol. The molecule has 1 N–H and O–H groups in total. The third-order valence-electron chi connectivity index (χ3n) is 4.92. The number of hydrogen-bond donors (Lipinski definition) is 1. The Kier molecular flexibility index (Phi) is 7.02. The van der Waals surface area contributed by atoms with Crippen LogP contribution in [0, 0.1) is 0 Å². The molecule has 0 aliphatic rings. The minimum absolute atomic E-state index is 0.158. The molecule has 0 radical (unpaired) electrons. The highest BCUT2D eigenvalue weighted by molar-refractivity contribution is 7.14. The lowest BCUT2D eigenvalue weighted by molar-refractivity contribution is 0.0529. The van der Waals surface area contributed by atoms with Crippen LogP contribution in [-0.2, 0) is 18.8 Å². The van der Waals surface area contributed by atoms with Crippen molar-refractivity contribution in [1.82, 2.24) is 9.13 Å². The maximum Gasteiger partial charge on any atom is 0.341 e. The second-order valence-corrected chi connectivity index (χ2v) is 7.68. The summed E-state index contributed by atoms with van der Waals surface area (Å²) in [5, 5.41) is 12.3. The number of nitrogens with zero attached hydrogens (tertiary/aromatic N) is 3. The second kappa shape index (κ2) is 9.74. The number of carbonyl (C=O) groups is 1. The van der Waals surface area contributed by atoms with Crippen LogP contribution in [0.25, 0.3) is 11.1 Å². The second-order valence-electron chi connectivity index (χ2n) is 6.82. The number of hydrogen-bond acceptors (Lipinski definition) is 9. The van der Waals surface area contributed by atoms with Crippen molar-refractivity contribution in [2.45, 2.75) is 6.92 Å². The number of aliphatic imine (C=N–C) groups is 1. The molecule has 2 aromatic heterocycles. The number of esters is 1. The molecular weight excluding hydrogens is 450 g/mol. The molecule has 174 valence electrons. The molecule has 10 nitrogen and oxygen atoms in total. The van der Waals surface area contributed by atoms with Crippen molar-refractivity contribution in [2.24, 2.45) is 19.1 Å². The lowest BCUT2D eigenvalue weighted by atomic mass is 10.0. The van der Waals surface area contributed by atoms with Crippen molar-refractivity contribution >= 4 is 28.5 Å². The normalized spacial score (nSPS) is 11.1. The Morgan fingerprint density at radius 1 is 1.15 bits per heavy atom. The van der Waals surface area contributed by atoms with Gasteiger partial charge in [-0.15, -0.1) is 11.3 Å². The van der Waals surface area contributed by atoms with Crippen LogP contribution in [0.5, 0.6) is 17.4 Å². The molecule has 2 heterocycles. The van der Waals surface area contributed by atoms with Crippen molar-refractivity contribution in [3.63, 3.8) is 0 Å². The predicted octanol–water partition coefficient (Wildman–Crippen LogP) is 2.46. The molecule has 33 heavy (non-hydrogen) atoms. The fourth-order valence-corrected chi connectivity index (χ4v) is 4.06. The maximum atomic E-state index is 12.8. The number of benzene rings is 1. The Balaban J connectivity index is 2.16. The largest absolute Gasteiger partial charge is 0.494 e. The van der Waals surface area contributed by atoms with Gasteiger partial charge >= 0.3 is 11.7 Å². The van der Waals surface area contributed by atoms with Gasteiger partial charge in [-0.25, -0.2) is 14.6 Å². The van der Waals surface area contributed by atoms with Crippen LogP contribution in [-0.4, -0.2) is 47.3 Å². The van der Waals surface area contributed by atoms with E-state index in [4.69, 9.17) is 14.2 Å². The molecule has 0 bridgehead atoms. The summed E-state index contributed by atoms with van der Waals surface area (Å²) in [6.07, 6.45) is 1.13. The summed E-state index contributed by atoms with van der Waals surface area (Å²) in [7, 11) is 5.67. The summed E-state index contributed by atoms with van der Waals surface area (Å²) in [6, 6.07) is 5.22. The van der Waals surface area contributed by atoms with Crippen molar-refractivity contribution < 1.29 is 24.1 Å². The van der Waals surface area contributed by atoms with Gasteiger partial charge in [0.05, 0.1) is 20.8 Å². The van der Waals surface area contributed by atoms with Crippen LogP contribution in [0.3, 0.4) is 0 Å². The van der Waals surface area contributed by atoms with Crippen LogP contribution in [0.15, 0.2) is 38.2 Å². The lowest BCUT2D eigenvalue weighted by Gasteiger charge is -2.10. The SMILES string of the molecule is CCOC(=O)c1c(-c2ccc(OC)c(OC)c2)csc1N=Cc1c(O)n(C)c(=O)n(C)c1=O. The molecule has 0 unspecified atom stereocenters. The first-order valence-corrected chi connectivity index (χ1v) is 10.7. The van der Waals surface area contributed by atoms with Gasteiger partial charge in [0.2, 0.25) is 5.88 Å². The number of rotatable bonds is 7. The molecule has 3 rings (SSSR count). The smallest absolute Gasteiger partial charge is 0.341 e. The van der Waals surface area contributed by atoms with E-state index >= 15 is 0 Å². The average Bonchev–Trinajstić information content (AvgIpc) is 3.25.